The quantitative estimate of drug-likeness (QED) is 0.370. The molecule has 34 heavy (non-hydrogen) atoms. The van der Waals surface area contributed by atoms with Crippen LogP contribution in [-0.2, 0) is 6.61 Å². The zero-order chi connectivity index (χ0) is 23.1. The van der Waals surface area contributed by atoms with Gasteiger partial charge in [-0.05, 0) is 60.5 Å². The first-order valence-corrected chi connectivity index (χ1v) is 11.7. The highest BCUT2D eigenvalue weighted by molar-refractivity contribution is 7.15. The molecule has 5 aromatic rings. The molecule has 0 aliphatic carbocycles. The molecule has 3 heterocycles. The van der Waals surface area contributed by atoms with Crippen molar-refractivity contribution >= 4 is 33.4 Å². The average molecular weight is 473 g/mol. The number of hydrogen-bond donors (Lipinski definition) is 0. The third-order valence-corrected chi connectivity index (χ3v) is 6.51. The van der Waals surface area contributed by atoms with Crippen LogP contribution in [0.25, 0.3) is 22.1 Å². The van der Waals surface area contributed by atoms with Crippen LogP contribution in [0, 0.1) is 0 Å². The van der Waals surface area contributed by atoms with E-state index in [2.05, 4.69) is 4.98 Å². The number of para-hydroxylation sites is 2. The van der Waals surface area contributed by atoms with Crippen molar-refractivity contribution in [3.05, 3.63) is 86.7 Å². The fraction of sp³-hybridized carbons (Fsp3) is 0.154. The van der Waals surface area contributed by atoms with E-state index in [1.165, 1.54) is 11.3 Å². The van der Waals surface area contributed by atoms with Crippen LogP contribution < -0.4 is 29.0 Å². The summed E-state index contributed by atoms with van der Waals surface area (Å²) in [5.74, 6) is 2.71. The van der Waals surface area contributed by atoms with Crippen LogP contribution in [0.4, 0.5) is 0 Å². The molecule has 0 atom stereocenters. The monoisotopic (exact) mass is 472 g/mol. The molecule has 1 aliphatic rings. The predicted molar refractivity (Wildman–Crippen MR) is 130 cm³/mol. The van der Waals surface area contributed by atoms with E-state index < -0.39 is 0 Å². The number of fused-ring (bicyclic) bond motifs is 4. The Balaban J connectivity index is 1.30. The molecule has 170 valence electrons. The molecule has 0 saturated heterocycles. The summed E-state index contributed by atoms with van der Waals surface area (Å²) in [4.78, 5) is 18.3. The number of thiazole rings is 1. The largest absolute Gasteiger partial charge is 0.490 e. The second-order valence-electron chi connectivity index (χ2n) is 7.75. The van der Waals surface area contributed by atoms with E-state index in [4.69, 9.17) is 18.9 Å². The van der Waals surface area contributed by atoms with Gasteiger partial charge in [0.2, 0.25) is 6.79 Å². The molecule has 2 aromatic heterocycles. The van der Waals surface area contributed by atoms with Crippen LogP contribution in [0.3, 0.4) is 0 Å². The highest BCUT2D eigenvalue weighted by Gasteiger charge is 2.14. The Morgan fingerprint density at radius 3 is 2.82 bits per heavy atom. The minimum Gasteiger partial charge on any atom is -0.490 e. The molecule has 0 N–H and O–H groups in total. The molecule has 0 saturated carbocycles. The molecule has 0 fully saturated rings. The number of nitrogens with zero attached hydrogens (tertiary/aromatic N) is 2. The van der Waals surface area contributed by atoms with Crippen molar-refractivity contribution in [1.82, 2.24) is 9.38 Å². The van der Waals surface area contributed by atoms with Gasteiger partial charge >= 0.3 is 0 Å². The summed E-state index contributed by atoms with van der Waals surface area (Å²) in [6.07, 6.45) is 1.86. The molecule has 0 amide bonds. The van der Waals surface area contributed by atoms with E-state index >= 15 is 0 Å². The predicted octanol–water partition coefficient (Wildman–Crippen LogP) is 4.16. The Kier molecular flexibility index (Phi) is 5.07. The maximum atomic E-state index is 13.1. The molecule has 0 spiro atoms. The van der Waals surface area contributed by atoms with Crippen molar-refractivity contribution in [2.75, 3.05) is 13.4 Å². The van der Waals surface area contributed by atoms with E-state index in [1.807, 2.05) is 73.7 Å². The highest BCUT2D eigenvalue weighted by Crippen LogP contribution is 2.34. The summed E-state index contributed by atoms with van der Waals surface area (Å²) in [5.41, 5.74) is 3.38. The third-order valence-electron chi connectivity index (χ3n) is 5.54. The van der Waals surface area contributed by atoms with Gasteiger partial charge in [-0.15, -0.1) is 0 Å². The Morgan fingerprint density at radius 2 is 1.91 bits per heavy atom. The van der Waals surface area contributed by atoms with Crippen molar-refractivity contribution in [3.63, 3.8) is 0 Å². The number of rotatable bonds is 6. The number of benzene rings is 3. The van der Waals surface area contributed by atoms with E-state index in [0.717, 1.165) is 33.7 Å². The first-order chi connectivity index (χ1) is 16.7. The second kappa shape index (κ2) is 8.39. The summed E-state index contributed by atoms with van der Waals surface area (Å²) in [6, 6.07) is 19.1. The summed E-state index contributed by atoms with van der Waals surface area (Å²) in [6.45, 7) is 3.02. The van der Waals surface area contributed by atoms with Gasteiger partial charge in [0.1, 0.15) is 6.61 Å². The van der Waals surface area contributed by atoms with Gasteiger partial charge in [-0.2, -0.15) is 0 Å². The molecule has 7 nitrogen and oxygen atoms in total. The van der Waals surface area contributed by atoms with E-state index in [-0.39, 0.29) is 12.4 Å². The van der Waals surface area contributed by atoms with E-state index in [9.17, 15) is 4.79 Å². The van der Waals surface area contributed by atoms with Crippen molar-refractivity contribution in [2.45, 2.75) is 13.5 Å². The Hall–Kier alpha value is -4.04. The summed E-state index contributed by atoms with van der Waals surface area (Å²) in [7, 11) is 0. The average Bonchev–Trinajstić information content (AvgIpc) is 3.53. The van der Waals surface area contributed by atoms with Crippen molar-refractivity contribution in [2.24, 2.45) is 0 Å². The molecular weight excluding hydrogens is 452 g/mol. The van der Waals surface area contributed by atoms with Gasteiger partial charge in [0, 0.05) is 0 Å². The molecule has 3 aromatic carbocycles. The van der Waals surface area contributed by atoms with Gasteiger partial charge in [-0.25, -0.2) is 9.38 Å². The van der Waals surface area contributed by atoms with Gasteiger partial charge in [0.25, 0.3) is 5.56 Å². The SMILES string of the molecule is CCOc1cc(C=c2sc3nc4ccccc4n3c2=O)ccc1OCc1ccc2c(c1)OCO2. The third kappa shape index (κ3) is 3.62. The second-order valence-corrected chi connectivity index (χ2v) is 8.76. The molecule has 0 radical (unpaired) electrons. The standard InChI is InChI=1S/C26H20N2O5S/c1-2-30-22-11-16(7-9-20(22)31-14-17-8-10-21-23(12-17)33-15-32-21)13-24-25(29)28-19-6-4-3-5-18(19)27-26(28)34-24/h3-13H,2,14-15H2,1H3. The van der Waals surface area contributed by atoms with Crippen LogP contribution in [0.5, 0.6) is 23.0 Å². The van der Waals surface area contributed by atoms with Crippen LogP contribution in [-0.4, -0.2) is 22.8 Å². The molecular formula is C26H20N2O5S. The lowest BCUT2D eigenvalue weighted by Crippen LogP contribution is -2.22. The van der Waals surface area contributed by atoms with Gasteiger partial charge in [0.05, 0.1) is 22.2 Å². The molecule has 0 unspecified atom stereocenters. The van der Waals surface area contributed by atoms with Crippen molar-refractivity contribution in [1.29, 1.82) is 0 Å². The maximum Gasteiger partial charge on any atom is 0.274 e. The van der Waals surface area contributed by atoms with Crippen LogP contribution in [0.1, 0.15) is 18.1 Å². The minimum atomic E-state index is -0.0743. The number of ether oxygens (including phenoxy) is 4. The number of imidazole rings is 1. The molecule has 8 heteroatoms. The maximum absolute atomic E-state index is 13.1. The zero-order valence-electron chi connectivity index (χ0n) is 18.3. The molecule has 0 bridgehead atoms. The lowest BCUT2D eigenvalue weighted by molar-refractivity contribution is 0.174. The summed E-state index contributed by atoms with van der Waals surface area (Å²) < 4.78 is 24.9. The topological polar surface area (TPSA) is 71.3 Å². The number of hydrogen-bond acceptors (Lipinski definition) is 7. The van der Waals surface area contributed by atoms with Gasteiger partial charge in [-0.1, -0.05) is 35.6 Å². The highest BCUT2D eigenvalue weighted by atomic mass is 32.1. The Bertz CT molecular complexity index is 1640. The van der Waals surface area contributed by atoms with Crippen LogP contribution >= 0.6 is 11.3 Å². The lowest BCUT2D eigenvalue weighted by Gasteiger charge is -2.13. The van der Waals surface area contributed by atoms with Crippen molar-refractivity contribution < 1.29 is 18.9 Å². The fourth-order valence-electron chi connectivity index (χ4n) is 3.96. The van der Waals surface area contributed by atoms with Crippen LogP contribution in [0.2, 0.25) is 0 Å². The van der Waals surface area contributed by atoms with Gasteiger partial charge < -0.3 is 18.9 Å². The summed E-state index contributed by atoms with van der Waals surface area (Å²) in [5, 5.41) is 0. The van der Waals surface area contributed by atoms with E-state index in [0.29, 0.717) is 34.2 Å². The van der Waals surface area contributed by atoms with Gasteiger partial charge in [0.15, 0.2) is 28.0 Å². The zero-order valence-corrected chi connectivity index (χ0v) is 19.1. The normalized spacial score (nSPS) is 13.1. The van der Waals surface area contributed by atoms with Crippen molar-refractivity contribution in [3.8, 4) is 23.0 Å². The summed E-state index contributed by atoms with van der Waals surface area (Å²) >= 11 is 1.37. The smallest absolute Gasteiger partial charge is 0.274 e. The fourth-order valence-corrected chi connectivity index (χ4v) is 4.94. The molecule has 1 aliphatic heterocycles. The Labute approximate surface area is 198 Å². The first-order valence-electron chi connectivity index (χ1n) is 10.9. The minimum absolute atomic E-state index is 0.0743. The van der Waals surface area contributed by atoms with Gasteiger partial charge in [-0.3, -0.25) is 4.79 Å². The number of aromatic nitrogens is 2. The first kappa shape index (κ1) is 20.6. The van der Waals surface area contributed by atoms with E-state index in [1.54, 1.807) is 4.40 Å². The lowest BCUT2D eigenvalue weighted by atomic mass is 10.2. The Morgan fingerprint density at radius 1 is 1.03 bits per heavy atom. The molecule has 6 rings (SSSR count). The van der Waals surface area contributed by atoms with Crippen LogP contribution in [0.15, 0.2) is 65.5 Å².